The van der Waals surface area contributed by atoms with Crippen molar-refractivity contribution in [1.82, 2.24) is 24.3 Å². The van der Waals surface area contributed by atoms with E-state index in [9.17, 15) is 0 Å². The van der Waals surface area contributed by atoms with E-state index in [2.05, 4.69) is 21.9 Å². The number of thiazole rings is 1. The SMILES string of the molecule is CCN(Cc1nccn1C)c1nc2c(s1)c(C)nn2C. The molecule has 3 heterocycles. The van der Waals surface area contributed by atoms with Crippen LogP contribution in [0.4, 0.5) is 5.13 Å². The van der Waals surface area contributed by atoms with E-state index in [0.29, 0.717) is 0 Å². The second kappa shape index (κ2) is 4.90. The number of anilines is 1. The third-order valence-electron chi connectivity index (χ3n) is 3.44. The number of fused-ring (bicyclic) bond motifs is 1. The van der Waals surface area contributed by atoms with E-state index < -0.39 is 0 Å². The Balaban J connectivity index is 1.95. The van der Waals surface area contributed by atoms with Gasteiger partial charge in [-0.3, -0.25) is 0 Å². The first-order valence-electron chi connectivity index (χ1n) is 6.61. The lowest BCUT2D eigenvalue weighted by molar-refractivity contribution is 0.726. The molecule has 0 aliphatic rings. The molecule has 0 saturated heterocycles. The molecule has 0 unspecified atom stereocenters. The van der Waals surface area contributed by atoms with Gasteiger partial charge in [-0.25, -0.2) is 14.6 Å². The molecule has 0 aliphatic heterocycles. The molecule has 0 amide bonds. The third kappa shape index (κ3) is 2.07. The highest BCUT2D eigenvalue weighted by molar-refractivity contribution is 7.22. The number of hydrogen-bond acceptors (Lipinski definition) is 5. The Bertz CT molecular complexity index is 703. The van der Waals surface area contributed by atoms with Gasteiger partial charge in [0.15, 0.2) is 10.8 Å². The lowest BCUT2D eigenvalue weighted by Gasteiger charge is -2.19. The second-order valence-electron chi connectivity index (χ2n) is 4.83. The van der Waals surface area contributed by atoms with Gasteiger partial charge < -0.3 is 9.47 Å². The molecule has 0 aromatic carbocycles. The van der Waals surface area contributed by atoms with Gasteiger partial charge >= 0.3 is 0 Å². The maximum absolute atomic E-state index is 4.72. The smallest absolute Gasteiger partial charge is 0.188 e. The molecule has 0 aliphatic carbocycles. The van der Waals surface area contributed by atoms with Gasteiger partial charge in [0.05, 0.1) is 16.9 Å². The van der Waals surface area contributed by atoms with Crippen molar-refractivity contribution in [3.63, 3.8) is 0 Å². The highest BCUT2D eigenvalue weighted by atomic mass is 32.1. The summed E-state index contributed by atoms with van der Waals surface area (Å²) in [6.45, 7) is 5.84. The summed E-state index contributed by atoms with van der Waals surface area (Å²) in [6.07, 6.45) is 3.80. The zero-order chi connectivity index (χ0) is 14.3. The monoisotopic (exact) mass is 290 g/mol. The van der Waals surface area contributed by atoms with E-state index >= 15 is 0 Å². The number of rotatable bonds is 4. The summed E-state index contributed by atoms with van der Waals surface area (Å²) in [5.41, 5.74) is 2.00. The van der Waals surface area contributed by atoms with Gasteiger partial charge in [0.2, 0.25) is 0 Å². The molecular formula is C13H18N6S. The van der Waals surface area contributed by atoms with E-state index in [4.69, 9.17) is 4.98 Å². The maximum Gasteiger partial charge on any atom is 0.188 e. The molecule has 0 atom stereocenters. The van der Waals surface area contributed by atoms with Crippen LogP contribution >= 0.6 is 11.3 Å². The van der Waals surface area contributed by atoms with Crippen molar-refractivity contribution < 1.29 is 0 Å². The number of aromatic nitrogens is 5. The molecule has 0 spiro atoms. The Labute approximate surface area is 121 Å². The zero-order valence-corrected chi connectivity index (χ0v) is 13.0. The molecule has 3 aromatic heterocycles. The second-order valence-corrected chi connectivity index (χ2v) is 5.80. The molecule has 0 fully saturated rings. The molecular weight excluding hydrogens is 272 g/mol. The average molecular weight is 290 g/mol. The highest BCUT2D eigenvalue weighted by Gasteiger charge is 2.17. The Morgan fingerprint density at radius 2 is 2.15 bits per heavy atom. The van der Waals surface area contributed by atoms with E-state index in [1.165, 1.54) is 4.70 Å². The molecule has 106 valence electrons. The molecule has 6 nitrogen and oxygen atoms in total. The maximum atomic E-state index is 4.72. The van der Waals surface area contributed by atoms with Crippen LogP contribution in [-0.2, 0) is 20.6 Å². The fourth-order valence-electron chi connectivity index (χ4n) is 2.24. The zero-order valence-electron chi connectivity index (χ0n) is 12.2. The fraction of sp³-hybridized carbons (Fsp3) is 0.462. The Kier molecular flexibility index (Phi) is 3.21. The van der Waals surface area contributed by atoms with Gasteiger partial charge in [-0.15, -0.1) is 0 Å². The van der Waals surface area contributed by atoms with Crippen LogP contribution in [0.15, 0.2) is 12.4 Å². The first-order valence-corrected chi connectivity index (χ1v) is 7.43. The summed E-state index contributed by atoms with van der Waals surface area (Å²) >= 11 is 1.70. The van der Waals surface area contributed by atoms with E-state index in [1.807, 2.05) is 42.7 Å². The standard InChI is InChI=1S/C13H18N6S/c1-5-19(8-10-14-6-7-17(10)3)13-15-12-11(20-13)9(2)16-18(12)4/h6-7H,5,8H2,1-4H3. The molecule has 7 heteroatoms. The summed E-state index contributed by atoms with van der Waals surface area (Å²) in [6, 6.07) is 0. The minimum absolute atomic E-state index is 0.770. The molecule has 0 bridgehead atoms. The van der Waals surface area contributed by atoms with Crippen molar-refractivity contribution >= 4 is 26.8 Å². The third-order valence-corrected chi connectivity index (χ3v) is 4.65. The summed E-state index contributed by atoms with van der Waals surface area (Å²) < 4.78 is 5.06. The van der Waals surface area contributed by atoms with Crippen LogP contribution in [-0.4, -0.2) is 30.9 Å². The average Bonchev–Trinajstić information content (AvgIpc) is 3.07. The molecule has 0 radical (unpaired) electrons. The fourth-order valence-corrected chi connectivity index (χ4v) is 3.34. The normalized spacial score (nSPS) is 11.4. The van der Waals surface area contributed by atoms with Gasteiger partial charge in [-0.2, -0.15) is 5.10 Å². The molecule has 3 aromatic rings. The van der Waals surface area contributed by atoms with Crippen LogP contribution in [0.25, 0.3) is 10.3 Å². The van der Waals surface area contributed by atoms with Crippen molar-refractivity contribution in [2.75, 3.05) is 11.4 Å². The highest BCUT2D eigenvalue weighted by Crippen LogP contribution is 2.31. The lowest BCUT2D eigenvalue weighted by Crippen LogP contribution is -2.23. The van der Waals surface area contributed by atoms with Crippen molar-refractivity contribution in [2.45, 2.75) is 20.4 Å². The quantitative estimate of drug-likeness (QED) is 0.738. The van der Waals surface area contributed by atoms with Crippen LogP contribution < -0.4 is 4.90 Å². The summed E-state index contributed by atoms with van der Waals surface area (Å²) in [5, 5.41) is 5.43. The van der Waals surface area contributed by atoms with Gasteiger partial charge in [-0.05, 0) is 13.8 Å². The van der Waals surface area contributed by atoms with Crippen LogP contribution in [0.5, 0.6) is 0 Å². The van der Waals surface area contributed by atoms with Gasteiger partial charge in [0.25, 0.3) is 0 Å². The van der Waals surface area contributed by atoms with Gasteiger partial charge in [-0.1, -0.05) is 11.3 Å². The number of aryl methyl sites for hydroxylation is 3. The first-order chi connectivity index (χ1) is 9.60. The van der Waals surface area contributed by atoms with E-state index in [0.717, 1.165) is 35.4 Å². The molecule has 20 heavy (non-hydrogen) atoms. The minimum Gasteiger partial charge on any atom is -0.341 e. The number of imidazole rings is 1. The van der Waals surface area contributed by atoms with Crippen LogP contribution in [0.1, 0.15) is 18.4 Å². The van der Waals surface area contributed by atoms with Crippen LogP contribution in [0, 0.1) is 6.92 Å². The lowest BCUT2D eigenvalue weighted by atomic mass is 10.5. The van der Waals surface area contributed by atoms with Crippen molar-refractivity contribution in [3.05, 3.63) is 23.9 Å². The summed E-state index contributed by atoms with van der Waals surface area (Å²) in [4.78, 5) is 11.4. The Hall–Kier alpha value is -1.89. The van der Waals surface area contributed by atoms with Gasteiger partial charge in [0, 0.05) is 33.0 Å². The number of hydrogen-bond donors (Lipinski definition) is 0. The Morgan fingerprint density at radius 3 is 2.75 bits per heavy atom. The van der Waals surface area contributed by atoms with Crippen molar-refractivity contribution in [3.8, 4) is 0 Å². The van der Waals surface area contributed by atoms with Crippen LogP contribution in [0.3, 0.4) is 0 Å². The molecule has 0 saturated carbocycles. The van der Waals surface area contributed by atoms with Crippen LogP contribution in [0.2, 0.25) is 0 Å². The largest absolute Gasteiger partial charge is 0.341 e. The van der Waals surface area contributed by atoms with Gasteiger partial charge in [0.1, 0.15) is 5.82 Å². The predicted molar refractivity (Wildman–Crippen MR) is 81.1 cm³/mol. The molecule has 0 N–H and O–H groups in total. The van der Waals surface area contributed by atoms with Crippen molar-refractivity contribution in [1.29, 1.82) is 0 Å². The van der Waals surface area contributed by atoms with Crippen molar-refractivity contribution in [2.24, 2.45) is 14.1 Å². The first kappa shape index (κ1) is 13.1. The topological polar surface area (TPSA) is 51.8 Å². The Morgan fingerprint density at radius 1 is 1.35 bits per heavy atom. The van der Waals surface area contributed by atoms with E-state index in [1.54, 1.807) is 11.3 Å². The molecule has 3 rings (SSSR count). The predicted octanol–water partition coefficient (Wildman–Crippen LogP) is 2.10. The summed E-state index contributed by atoms with van der Waals surface area (Å²) in [7, 11) is 3.95. The van der Waals surface area contributed by atoms with E-state index in [-0.39, 0.29) is 0 Å². The summed E-state index contributed by atoms with van der Waals surface area (Å²) in [5.74, 6) is 1.04. The number of nitrogens with zero attached hydrogens (tertiary/aromatic N) is 6. The minimum atomic E-state index is 0.770.